The molecular weight excluding hydrogens is 376 g/mol. The molecule has 1 fully saturated rings. The molecule has 1 aliphatic rings. The second-order valence-electron chi connectivity index (χ2n) is 7.92. The van der Waals surface area contributed by atoms with E-state index in [1.807, 2.05) is 41.3 Å². The minimum Gasteiger partial charge on any atom is -0.464 e. The van der Waals surface area contributed by atoms with E-state index in [9.17, 15) is 9.59 Å². The maximum Gasteiger partial charge on any atom is 0.253 e. The van der Waals surface area contributed by atoms with E-state index in [1.54, 1.807) is 6.26 Å². The summed E-state index contributed by atoms with van der Waals surface area (Å²) in [4.78, 5) is 26.1. The summed E-state index contributed by atoms with van der Waals surface area (Å²) >= 11 is 0. The van der Waals surface area contributed by atoms with Gasteiger partial charge in [0.15, 0.2) is 0 Å². The second-order valence-corrected chi connectivity index (χ2v) is 7.92. The molecule has 0 unspecified atom stereocenters. The lowest BCUT2D eigenvalue weighted by atomic mass is 9.95. The molecular formula is C25H22N2O3. The highest BCUT2D eigenvalue weighted by Crippen LogP contribution is 2.29. The van der Waals surface area contributed by atoms with E-state index in [0.717, 1.165) is 32.9 Å². The summed E-state index contributed by atoms with van der Waals surface area (Å²) in [6.07, 6.45) is 2.97. The predicted molar refractivity (Wildman–Crippen MR) is 117 cm³/mol. The largest absolute Gasteiger partial charge is 0.464 e. The monoisotopic (exact) mass is 398 g/mol. The Bertz CT molecular complexity index is 1270. The van der Waals surface area contributed by atoms with Crippen LogP contribution in [0.4, 0.5) is 0 Å². The molecule has 30 heavy (non-hydrogen) atoms. The van der Waals surface area contributed by atoms with Crippen LogP contribution < -0.4 is 5.73 Å². The molecule has 2 amide bonds. The van der Waals surface area contributed by atoms with Crippen molar-refractivity contribution in [1.29, 1.82) is 0 Å². The number of amides is 2. The number of carbonyl (C=O) groups is 2. The lowest BCUT2D eigenvalue weighted by Crippen LogP contribution is -2.41. The molecule has 1 aromatic heterocycles. The number of furan rings is 1. The molecule has 150 valence electrons. The molecule has 3 aromatic carbocycles. The van der Waals surface area contributed by atoms with Crippen LogP contribution >= 0.6 is 0 Å². The molecule has 0 spiro atoms. The molecule has 5 nitrogen and oxygen atoms in total. The summed E-state index contributed by atoms with van der Waals surface area (Å²) in [6.45, 7) is 1.14. The lowest BCUT2D eigenvalue weighted by Gasteiger charge is -2.30. The fourth-order valence-electron chi connectivity index (χ4n) is 4.24. The van der Waals surface area contributed by atoms with Crippen LogP contribution in [0, 0.1) is 5.92 Å². The minimum atomic E-state index is -0.269. The van der Waals surface area contributed by atoms with Gasteiger partial charge in [-0.05, 0) is 65.1 Å². The van der Waals surface area contributed by atoms with Gasteiger partial charge in [0, 0.05) is 30.0 Å². The number of carbonyl (C=O) groups excluding carboxylic acids is 2. The highest BCUT2D eigenvalue weighted by Gasteiger charge is 2.26. The molecule has 1 saturated heterocycles. The van der Waals surface area contributed by atoms with Crippen molar-refractivity contribution in [2.45, 2.75) is 12.8 Å². The Labute approximate surface area is 174 Å². The van der Waals surface area contributed by atoms with Crippen LogP contribution in [0.1, 0.15) is 23.2 Å². The number of piperidine rings is 1. The Balaban J connectivity index is 1.39. The van der Waals surface area contributed by atoms with Crippen molar-refractivity contribution in [2.24, 2.45) is 11.7 Å². The zero-order valence-corrected chi connectivity index (χ0v) is 16.5. The topological polar surface area (TPSA) is 76.5 Å². The number of fused-ring (bicyclic) bond motifs is 2. The van der Waals surface area contributed by atoms with Crippen LogP contribution in [-0.2, 0) is 4.79 Å². The van der Waals surface area contributed by atoms with Crippen LogP contribution in [0.15, 0.2) is 71.3 Å². The van der Waals surface area contributed by atoms with Crippen LogP contribution in [0.5, 0.6) is 0 Å². The summed E-state index contributed by atoms with van der Waals surface area (Å²) in [6, 6.07) is 20.2. The highest BCUT2D eigenvalue weighted by molar-refractivity contribution is 5.99. The molecule has 0 saturated carbocycles. The number of benzene rings is 3. The number of primary amides is 1. The molecule has 0 bridgehead atoms. The molecule has 4 aromatic rings. The minimum absolute atomic E-state index is 0.00664. The van der Waals surface area contributed by atoms with Gasteiger partial charge in [-0.15, -0.1) is 0 Å². The van der Waals surface area contributed by atoms with Crippen molar-refractivity contribution in [3.8, 4) is 11.1 Å². The van der Waals surface area contributed by atoms with Crippen LogP contribution in [0.2, 0.25) is 0 Å². The zero-order chi connectivity index (χ0) is 20.7. The van der Waals surface area contributed by atoms with Gasteiger partial charge < -0.3 is 15.1 Å². The van der Waals surface area contributed by atoms with Crippen molar-refractivity contribution >= 4 is 33.6 Å². The van der Waals surface area contributed by atoms with Gasteiger partial charge in [0.1, 0.15) is 5.58 Å². The maximum atomic E-state index is 12.9. The van der Waals surface area contributed by atoms with Gasteiger partial charge in [0.25, 0.3) is 5.91 Å². The Kier molecular flexibility index (Phi) is 4.51. The maximum absolute atomic E-state index is 12.9. The van der Waals surface area contributed by atoms with E-state index in [0.29, 0.717) is 31.5 Å². The van der Waals surface area contributed by atoms with E-state index >= 15 is 0 Å². The van der Waals surface area contributed by atoms with Gasteiger partial charge in [0.05, 0.1) is 6.26 Å². The molecule has 2 N–H and O–H groups in total. The van der Waals surface area contributed by atoms with Gasteiger partial charge in [-0.2, -0.15) is 0 Å². The predicted octanol–water partition coefficient (Wildman–Crippen LogP) is 4.59. The molecule has 5 heteroatoms. The molecule has 0 radical (unpaired) electrons. The van der Waals surface area contributed by atoms with Crippen molar-refractivity contribution in [3.63, 3.8) is 0 Å². The van der Waals surface area contributed by atoms with Gasteiger partial charge in [-0.25, -0.2) is 0 Å². The Morgan fingerprint density at radius 1 is 0.833 bits per heavy atom. The molecule has 0 atom stereocenters. The van der Waals surface area contributed by atoms with Crippen molar-refractivity contribution in [1.82, 2.24) is 4.90 Å². The van der Waals surface area contributed by atoms with Crippen molar-refractivity contribution in [3.05, 3.63) is 72.5 Å². The summed E-state index contributed by atoms with van der Waals surface area (Å²) < 4.78 is 5.52. The summed E-state index contributed by atoms with van der Waals surface area (Å²) in [5, 5.41) is 3.19. The van der Waals surface area contributed by atoms with E-state index in [2.05, 4.69) is 24.3 Å². The molecule has 1 aliphatic heterocycles. The Hall–Kier alpha value is -3.60. The third-order valence-electron chi connectivity index (χ3n) is 6.06. The fraction of sp³-hybridized carbons (Fsp3) is 0.200. The Morgan fingerprint density at radius 2 is 1.50 bits per heavy atom. The first-order valence-corrected chi connectivity index (χ1v) is 10.2. The first-order valence-electron chi connectivity index (χ1n) is 10.2. The van der Waals surface area contributed by atoms with Crippen LogP contribution in [0.3, 0.4) is 0 Å². The number of rotatable bonds is 3. The SMILES string of the molecule is NC(=O)C1CCN(C(=O)c2ccc3cc(-c4ccc5ccoc5c4)ccc3c2)CC1. The first kappa shape index (κ1) is 18.4. The van der Waals surface area contributed by atoms with Gasteiger partial charge in [0.2, 0.25) is 5.91 Å². The number of nitrogens with zero attached hydrogens (tertiary/aromatic N) is 1. The second kappa shape index (κ2) is 7.34. The van der Waals surface area contributed by atoms with Gasteiger partial charge in [-0.1, -0.05) is 30.3 Å². The molecule has 0 aliphatic carbocycles. The smallest absolute Gasteiger partial charge is 0.253 e. The van der Waals surface area contributed by atoms with E-state index in [1.165, 1.54) is 0 Å². The zero-order valence-electron chi connectivity index (χ0n) is 16.5. The normalized spacial score (nSPS) is 15.0. The lowest BCUT2D eigenvalue weighted by molar-refractivity contribution is -0.123. The number of nitrogens with two attached hydrogens (primary N) is 1. The van der Waals surface area contributed by atoms with Crippen molar-refractivity contribution in [2.75, 3.05) is 13.1 Å². The quantitative estimate of drug-likeness (QED) is 0.548. The van der Waals surface area contributed by atoms with Crippen LogP contribution in [-0.4, -0.2) is 29.8 Å². The summed E-state index contributed by atoms with van der Waals surface area (Å²) in [5.74, 6) is -0.383. The standard InChI is InChI=1S/C25H22N2O3/c26-24(28)17-7-10-27(11-8-17)25(29)22-6-5-18-13-19(3-4-20(18)14-22)21-2-1-16-9-12-30-23(16)15-21/h1-6,9,12-15,17H,7-8,10-11H2,(H2,26,28). The summed E-state index contributed by atoms with van der Waals surface area (Å²) in [7, 11) is 0. The van der Waals surface area contributed by atoms with E-state index in [4.69, 9.17) is 10.2 Å². The fourth-order valence-corrected chi connectivity index (χ4v) is 4.24. The third kappa shape index (κ3) is 3.32. The van der Waals surface area contributed by atoms with Gasteiger partial charge in [-0.3, -0.25) is 9.59 Å². The number of hydrogen-bond acceptors (Lipinski definition) is 3. The van der Waals surface area contributed by atoms with E-state index < -0.39 is 0 Å². The number of hydrogen-bond donors (Lipinski definition) is 1. The molecule has 2 heterocycles. The van der Waals surface area contributed by atoms with Gasteiger partial charge >= 0.3 is 0 Å². The van der Waals surface area contributed by atoms with E-state index in [-0.39, 0.29) is 17.7 Å². The Morgan fingerprint density at radius 3 is 2.27 bits per heavy atom. The highest BCUT2D eigenvalue weighted by atomic mass is 16.3. The van der Waals surface area contributed by atoms with Crippen LogP contribution in [0.25, 0.3) is 32.9 Å². The van der Waals surface area contributed by atoms with Crippen molar-refractivity contribution < 1.29 is 14.0 Å². The molecule has 5 rings (SSSR count). The first-order chi connectivity index (χ1) is 14.6. The third-order valence-corrected chi connectivity index (χ3v) is 6.06. The number of likely N-dealkylation sites (tertiary alicyclic amines) is 1. The summed E-state index contributed by atoms with van der Waals surface area (Å²) in [5.41, 5.74) is 9.13. The average Bonchev–Trinajstić information content (AvgIpc) is 3.26. The average molecular weight is 398 g/mol.